The summed E-state index contributed by atoms with van der Waals surface area (Å²) in [6, 6.07) is 7.10. The van der Waals surface area contributed by atoms with Gasteiger partial charge in [0.15, 0.2) is 0 Å². The van der Waals surface area contributed by atoms with Gasteiger partial charge in [0, 0.05) is 12.0 Å². The van der Waals surface area contributed by atoms with Gasteiger partial charge in [-0.2, -0.15) is 0 Å². The van der Waals surface area contributed by atoms with E-state index < -0.39 is 0 Å². The van der Waals surface area contributed by atoms with Crippen LogP contribution in [0.25, 0.3) is 0 Å². The first kappa shape index (κ1) is 14.2. The van der Waals surface area contributed by atoms with Crippen LogP contribution in [0.15, 0.2) is 24.3 Å². The molecule has 1 N–H and O–H groups in total. The van der Waals surface area contributed by atoms with Gasteiger partial charge in [0.05, 0.1) is 0 Å². The number of benzene rings is 1. The van der Waals surface area contributed by atoms with E-state index in [1.165, 1.54) is 6.07 Å². The Morgan fingerprint density at radius 1 is 1.18 bits per heavy atom. The Balaban J connectivity index is 3.09. The zero-order valence-corrected chi connectivity index (χ0v) is 11.2. The van der Waals surface area contributed by atoms with Crippen molar-refractivity contribution in [2.24, 2.45) is 0 Å². The van der Waals surface area contributed by atoms with Crippen LogP contribution in [0.4, 0.5) is 4.39 Å². The van der Waals surface area contributed by atoms with Crippen molar-refractivity contribution < 1.29 is 4.39 Å². The van der Waals surface area contributed by atoms with Crippen LogP contribution in [0.5, 0.6) is 0 Å². The van der Waals surface area contributed by atoms with Crippen molar-refractivity contribution in [3.05, 3.63) is 35.6 Å². The molecule has 0 aliphatic carbocycles. The Labute approximate surface area is 104 Å². The molecule has 1 aromatic carbocycles. The molecular weight excluding hydrogens is 213 g/mol. The average molecular weight is 237 g/mol. The molecule has 0 heterocycles. The summed E-state index contributed by atoms with van der Waals surface area (Å²) in [5.41, 5.74) is 1.22. The molecule has 0 aromatic heterocycles. The third kappa shape index (κ3) is 3.53. The highest BCUT2D eigenvalue weighted by atomic mass is 19.1. The molecule has 0 aliphatic heterocycles. The van der Waals surface area contributed by atoms with Gasteiger partial charge in [-0.05, 0) is 37.6 Å². The van der Waals surface area contributed by atoms with E-state index in [1.807, 2.05) is 13.1 Å². The van der Waals surface area contributed by atoms with Gasteiger partial charge in [-0.25, -0.2) is 4.39 Å². The summed E-state index contributed by atoms with van der Waals surface area (Å²) in [6.07, 6.45) is 4.45. The first-order chi connectivity index (χ1) is 8.18. The maximum Gasteiger partial charge on any atom is 0.123 e. The van der Waals surface area contributed by atoms with Crippen LogP contribution < -0.4 is 5.32 Å². The zero-order chi connectivity index (χ0) is 12.7. The van der Waals surface area contributed by atoms with Crippen LogP contribution in [-0.2, 0) is 5.41 Å². The third-order valence-corrected chi connectivity index (χ3v) is 3.41. The van der Waals surface area contributed by atoms with E-state index in [1.54, 1.807) is 6.07 Å². The Bertz CT molecular complexity index is 318. The number of likely N-dealkylation sites (N-methyl/N-ethyl adjacent to an activating group) is 1. The summed E-state index contributed by atoms with van der Waals surface area (Å²) in [5.74, 6) is -0.129. The van der Waals surface area contributed by atoms with E-state index in [9.17, 15) is 4.39 Å². The van der Waals surface area contributed by atoms with E-state index in [0.717, 1.165) is 37.8 Å². The van der Waals surface area contributed by atoms with E-state index >= 15 is 0 Å². The van der Waals surface area contributed by atoms with E-state index in [2.05, 4.69) is 25.2 Å². The van der Waals surface area contributed by atoms with Gasteiger partial charge in [0.25, 0.3) is 0 Å². The Morgan fingerprint density at radius 3 is 2.29 bits per heavy atom. The smallest absolute Gasteiger partial charge is 0.123 e. The van der Waals surface area contributed by atoms with E-state index in [-0.39, 0.29) is 11.2 Å². The lowest BCUT2D eigenvalue weighted by atomic mass is 9.73. The molecule has 0 atom stereocenters. The molecule has 2 heteroatoms. The Hall–Kier alpha value is -0.890. The molecule has 0 amide bonds. The molecule has 0 spiro atoms. The number of rotatable bonds is 7. The van der Waals surface area contributed by atoms with Gasteiger partial charge in [-0.3, -0.25) is 0 Å². The molecule has 0 radical (unpaired) electrons. The van der Waals surface area contributed by atoms with E-state index in [0.29, 0.717) is 0 Å². The molecular formula is C15H24FN. The van der Waals surface area contributed by atoms with Gasteiger partial charge < -0.3 is 5.32 Å². The number of halogens is 1. The maximum absolute atomic E-state index is 13.4. The van der Waals surface area contributed by atoms with Crippen molar-refractivity contribution in [1.82, 2.24) is 5.32 Å². The predicted octanol–water partition coefficient (Wildman–Crippen LogP) is 3.88. The molecule has 17 heavy (non-hydrogen) atoms. The molecule has 1 aromatic rings. The van der Waals surface area contributed by atoms with Crippen LogP contribution in [0.3, 0.4) is 0 Å². The quantitative estimate of drug-likeness (QED) is 0.758. The second kappa shape index (κ2) is 6.75. The Morgan fingerprint density at radius 2 is 1.82 bits per heavy atom. The van der Waals surface area contributed by atoms with Crippen LogP contribution in [0.2, 0.25) is 0 Å². The Kier molecular flexibility index (Phi) is 5.63. The predicted molar refractivity (Wildman–Crippen MR) is 71.8 cm³/mol. The minimum atomic E-state index is -0.129. The van der Waals surface area contributed by atoms with Crippen molar-refractivity contribution in [3.8, 4) is 0 Å². The number of hydrogen-bond acceptors (Lipinski definition) is 1. The largest absolute Gasteiger partial charge is 0.319 e. The van der Waals surface area contributed by atoms with Gasteiger partial charge in [0.1, 0.15) is 5.82 Å². The molecule has 0 fully saturated rings. The van der Waals surface area contributed by atoms with Crippen molar-refractivity contribution in [1.29, 1.82) is 0 Å². The minimum absolute atomic E-state index is 0.0837. The first-order valence-electron chi connectivity index (χ1n) is 6.59. The first-order valence-corrected chi connectivity index (χ1v) is 6.59. The molecule has 0 saturated carbocycles. The summed E-state index contributed by atoms with van der Waals surface area (Å²) >= 11 is 0. The number of nitrogens with one attached hydrogen (secondary N) is 1. The second-order valence-corrected chi connectivity index (χ2v) is 4.82. The highest BCUT2D eigenvalue weighted by Crippen LogP contribution is 2.34. The number of hydrogen-bond donors (Lipinski definition) is 1. The zero-order valence-electron chi connectivity index (χ0n) is 11.2. The van der Waals surface area contributed by atoms with Crippen LogP contribution in [-0.4, -0.2) is 13.6 Å². The van der Waals surface area contributed by atoms with Gasteiger partial charge in [-0.15, -0.1) is 0 Å². The molecule has 0 saturated heterocycles. The minimum Gasteiger partial charge on any atom is -0.319 e. The summed E-state index contributed by atoms with van der Waals surface area (Å²) in [6.45, 7) is 5.30. The third-order valence-electron chi connectivity index (χ3n) is 3.41. The normalized spacial score (nSPS) is 11.8. The highest BCUT2D eigenvalue weighted by molar-refractivity contribution is 5.26. The molecule has 1 rings (SSSR count). The van der Waals surface area contributed by atoms with Crippen molar-refractivity contribution in [3.63, 3.8) is 0 Å². The summed E-state index contributed by atoms with van der Waals surface area (Å²) in [7, 11) is 1.97. The van der Waals surface area contributed by atoms with Gasteiger partial charge >= 0.3 is 0 Å². The molecule has 0 unspecified atom stereocenters. The summed E-state index contributed by atoms with van der Waals surface area (Å²) in [5, 5.41) is 3.27. The average Bonchev–Trinajstić information content (AvgIpc) is 2.30. The lowest BCUT2D eigenvalue weighted by molar-refractivity contribution is 0.343. The lowest BCUT2D eigenvalue weighted by Crippen LogP contribution is -2.36. The van der Waals surface area contributed by atoms with Gasteiger partial charge in [-0.1, -0.05) is 38.8 Å². The second-order valence-electron chi connectivity index (χ2n) is 4.82. The summed E-state index contributed by atoms with van der Waals surface area (Å²) < 4.78 is 13.4. The van der Waals surface area contributed by atoms with E-state index in [4.69, 9.17) is 0 Å². The lowest BCUT2D eigenvalue weighted by Gasteiger charge is -2.34. The fourth-order valence-electron chi connectivity index (χ4n) is 2.81. The van der Waals surface area contributed by atoms with Crippen molar-refractivity contribution in [2.75, 3.05) is 13.6 Å². The van der Waals surface area contributed by atoms with Crippen LogP contribution in [0, 0.1) is 5.82 Å². The molecule has 0 bridgehead atoms. The highest BCUT2D eigenvalue weighted by Gasteiger charge is 2.29. The fourth-order valence-corrected chi connectivity index (χ4v) is 2.81. The molecule has 96 valence electrons. The molecule has 1 nitrogen and oxygen atoms in total. The van der Waals surface area contributed by atoms with Crippen molar-refractivity contribution >= 4 is 0 Å². The van der Waals surface area contributed by atoms with Crippen LogP contribution in [0.1, 0.15) is 45.1 Å². The summed E-state index contributed by atoms with van der Waals surface area (Å²) in [4.78, 5) is 0. The molecule has 0 aliphatic rings. The monoisotopic (exact) mass is 237 g/mol. The topological polar surface area (TPSA) is 12.0 Å². The fraction of sp³-hybridized carbons (Fsp3) is 0.600. The van der Waals surface area contributed by atoms with Crippen molar-refractivity contribution in [2.45, 2.75) is 44.9 Å². The SMILES string of the molecule is CCCC(CCC)(CNC)c1cccc(F)c1. The van der Waals surface area contributed by atoms with Gasteiger partial charge in [0.2, 0.25) is 0 Å². The maximum atomic E-state index is 13.4. The standard InChI is InChI=1S/C15H24FN/c1-4-9-15(10-5-2,12-17-3)13-7-6-8-14(16)11-13/h6-8,11,17H,4-5,9-10,12H2,1-3H3. The van der Waals surface area contributed by atoms with Crippen LogP contribution >= 0.6 is 0 Å².